The molecular formula is C23H36N2O. The van der Waals surface area contributed by atoms with Gasteiger partial charge < -0.3 is 5.11 Å². The van der Waals surface area contributed by atoms with E-state index in [1.165, 1.54) is 16.8 Å². The van der Waals surface area contributed by atoms with Crippen LogP contribution in [0.2, 0.25) is 0 Å². The van der Waals surface area contributed by atoms with Crippen LogP contribution in [-0.4, -0.2) is 15.1 Å². The van der Waals surface area contributed by atoms with Gasteiger partial charge in [-0.1, -0.05) is 48.5 Å². The van der Waals surface area contributed by atoms with Gasteiger partial charge in [-0.05, 0) is 61.1 Å². The van der Waals surface area contributed by atoms with E-state index < -0.39 is 5.60 Å². The van der Waals surface area contributed by atoms with Crippen molar-refractivity contribution >= 4 is 0 Å². The Morgan fingerprint density at radius 3 is 1.46 bits per heavy atom. The van der Waals surface area contributed by atoms with Crippen LogP contribution < -0.4 is 0 Å². The molecule has 0 atom stereocenters. The summed E-state index contributed by atoms with van der Waals surface area (Å²) in [4.78, 5) is 8.54. The van der Waals surface area contributed by atoms with Crippen LogP contribution in [0, 0.1) is 0 Å². The number of rotatable bonds is 3. The van der Waals surface area contributed by atoms with E-state index in [2.05, 4.69) is 70.6 Å². The minimum absolute atomic E-state index is 0.158. The molecule has 0 radical (unpaired) electrons. The molecule has 0 fully saturated rings. The molecular weight excluding hydrogens is 320 g/mol. The van der Waals surface area contributed by atoms with Crippen molar-refractivity contribution in [2.45, 2.75) is 85.2 Å². The second-order valence-corrected chi connectivity index (χ2v) is 9.07. The third-order valence-electron chi connectivity index (χ3n) is 4.30. The summed E-state index contributed by atoms with van der Waals surface area (Å²) in [5, 5.41) is 9.73. The number of aliphatic hydroxyl groups is 1. The summed E-state index contributed by atoms with van der Waals surface area (Å²) in [6.45, 7) is 18.8. The first kappa shape index (κ1) is 22.3. The number of pyridine rings is 2. The third kappa shape index (κ3) is 6.87. The van der Waals surface area contributed by atoms with Gasteiger partial charge in [0.1, 0.15) is 5.60 Å². The Labute approximate surface area is 159 Å². The average molecular weight is 357 g/mol. The highest BCUT2D eigenvalue weighted by Crippen LogP contribution is 2.23. The molecule has 0 aromatic carbocycles. The summed E-state index contributed by atoms with van der Waals surface area (Å²) < 4.78 is 0. The van der Waals surface area contributed by atoms with E-state index in [1.807, 2.05) is 18.3 Å². The number of hydrogen-bond acceptors (Lipinski definition) is 3. The molecule has 0 aliphatic carbocycles. The summed E-state index contributed by atoms with van der Waals surface area (Å²) in [6.07, 6.45) is 3.67. The molecule has 0 aliphatic heterocycles. The maximum Gasteiger partial charge on any atom is 0.101 e. The molecule has 0 bridgehead atoms. The molecule has 2 aromatic heterocycles. The van der Waals surface area contributed by atoms with Gasteiger partial charge in [-0.2, -0.15) is 0 Å². The van der Waals surface area contributed by atoms with Crippen LogP contribution in [-0.2, 0) is 11.0 Å². The van der Waals surface area contributed by atoms with Crippen molar-refractivity contribution in [3.63, 3.8) is 0 Å². The van der Waals surface area contributed by atoms with Crippen molar-refractivity contribution in [2.24, 2.45) is 0 Å². The van der Waals surface area contributed by atoms with Gasteiger partial charge in [-0.25, -0.2) is 0 Å². The highest BCUT2D eigenvalue weighted by Gasteiger charge is 2.18. The highest BCUT2D eigenvalue weighted by atomic mass is 16.3. The van der Waals surface area contributed by atoms with E-state index in [0.29, 0.717) is 11.8 Å². The average Bonchev–Trinajstić information content (AvgIpc) is 2.54. The van der Waals surface area contributed by atoms with Gasteiger partial charge in [0.05, 0.1) is 5.69 Å². The van der Waals surface area contributed by atoms with Crippen molar-refractivity contribution in [3.8, 4) is 0 Å². The predicted octanol–water partition coefficient (Wildman–Crippen LogP) is 5.93. The Kier molecular flexibility index (Phi) is 7.52. The largest absolute Gasteiger partial charge is 0.384 e. The minimum atomic E-state index is -0.842. The second kappa shape index (κ2) is 8.77. The van der Waals surface area contributed by atoms with E-state index >= 15 is 0 Å². The lowest BCUT2D eigenvalue weighted by molar-refractivity contribution is 0.0737. The van der Waals surface area contributed by atoms with Crippen LogP contribution in [0.4, 0.5) is 0 Å². The van der Waals surface area contributed by atoms with Gasteiger partial charge in [0.15, 0.2) is 0 Å². The van der Waals surface area contributed by atoms with Gasteiger partial charge >= 0.3 is 0 Å². The fraction of sp³-hybridized carbons (Fsp3) is 0.565. The van der Waals surface area contributed by atoms with Crippen LogP contribution in [0.25, 0.3) is 0 Å². The van der Waals surface area contributed by atoms with Crippen molar-refractivity contribution in [3.05, 3.63) is 59.2 Å². The normalized spacial score (nSPS) is 12.2. The summed E-state index contributed by atoms with van der Waals surface area (Å²) in [5.41, 5.74) is 3.82. The van der Waals surface area contributed by atoms with E-state index in [9.17, 15) is 5.11 Å². The van der Waals surface area contributed by atoms with E-state index in [4.69, 9.17) is 0 Å². The summed E-state index contributed by atoms with van der Waals surface area (Å²) in [5.74, 6) is 1.06. The van der Waals surface area contributed by atoms with Gasteiger partial charge in [0.2, 0.25) is 0 Å². The molecule has 0 unspecified atom stereocenters. The van der Waals surface area contributed by atoms with Gasteiger partial charge in [0, 0.05) is 23.5 Å². The molecule has 144 valence electrons. The lowest BCUT2D eigenvalue weighted by Gasteiger charge is -2.19. The van der Waals surface area contributed by atoms with Gasteiger partial charge in [-0.3, -0.25) is 9.97 Å². The quantitative estimate of drug-likeness (QED) is 0.741. The third-order valence-corrected chi connectivity index (χ3v) is 4.30. The van der Waals surface area contributed by atoms with Crippen molar-refractivity contribution in [1.82, 2.24) is 9.97 Å². The molecule has 0 amide bonds. The zero-order chi connectivity index (χ0) is 20.1. The minimum Gasteiger partial charge on any atom is -0.384 e. The maximum atomic E-state index is 9.73. The molecule has 2 heterocycles. The Morgan fingerprint density at radius 1 is 0.731 bits per heavy atom. The zero-order valence-corrected chi connectivity index (χ0v) is 18.0. The first-order chi connectivity index (χ1) is 11.8. The number of hydrogen-bond donors (Lipinski definition) is 1. The Balaban J connectivity index is 0.000000260. The zero-order valence-electron chi connectivity index (χ0n) is 18.0. The fourth-order valence-electron chi connectivity index (χ4n) is 2.36. The number of nitrogens with zero attached hydrogens (tertiary/aromatic N) is 2. The van der Waals surface area contributed by atoms with Crippen molar-refractivity contribution in [2.75, 3.05) is 0 Å². The second-order valence-electron chi connectivity index (χ2n) is 9.07. The van der Waals surface area contributed by atoms with E-state index in [0.717, 1.165) is 5.69 Å². The first-order valence-corrected chi connectivity index (χ1v) is 9.47. The van der Waals surface area contributed by atoms with Gasteiger partial charge in [-0.15, -0.1) is 0 Å². The molecule has 0 aliphatic rings. The van der Waals surface area contributed by atoms with Gasteiger partial charge in [0.25, 0.3) is 0 Å². The first-order valence-electron chi connectivity index (χ1n) is 9.47. The molecule has 0 saturated carbocycles. The Morgan fingerprint density at radius 2 is 1.12 bits per heavy atom. The SMILES string of the molecule is CC(C)c1ccnc(C(C)(C)C)c1.CC(C)c1ccnc(C(C)(C)O)c1. The van der Waals surface area contributed by atoms with Crippen LogP contribution in [0.15, 0.2) is 36.7 Å². The lowest BCUT2D eigenvalue weighted by atomic mass is 9.89. The van der Waals surface area contributed by atoms with Crippen LogP contribution in [0.5, 0.6) is 0 Å². The van der Waals surface area contributed by atoms with Crippen LogP contribution >= 0.6 is 0 Å². The molecule has 3 heteroatoms. The smallest absolute Gasteiger partial charge is 0.101 e. The molecule has 2 aromatic rings. The summed E-state index contributed by atoms with van der Waals surface area (Å²) >= 11 is 0. The monoisotopic (exact) mass is 356 g/mol. The predicted molar refractivity (Wildman–Crippen MR) is 111 cm³/mol. The topological polar surface area (TPSA) is 46.0 Å². The standard InChI is InChI=1S/C12H19N.C11H17NO/c1-9(2)10-6-7-13-11(8-10)12(3,4)5;1-8(2)9-5-6-12-10(7-9)11(3,4)13/h6-9H,1-5H3;5-8,13H,1-4H3. The maximum absolute atomic E-state index is 9.73. The van der Waals surface area contributed by atoms with E-state index in [1.54, 1.807) is 20.0 Å². The Hall–Kier alpha value is -1.74. The fourth-order valence-corrected chi connectivity index (χ4v) is 2.36. The molecule has 26 heavy (non-hydrogen) atoms. The molecule has 3 nitrogen and oxygen atoms in total. The van der Waals surface area contributed by atoms with Crippen LogP contribution in [0.1, 0.15) is 96.7 Å². The lowest BCUT2D eigenvalue weighted by Crippen LogP contribution is -2.17. The number of aromatic nitrogens is 2. The highest BCUT2D eigenvalue weighted by molar-refractivity contribution is 5.24. The summed E-state index contributed by atoms with van der Waals surface area (Å²) in [7, 11) is 0. The molecule has 1 N–H and O–H groups in total. The summed E-state index contributed by atoms with van der Waals surface area (Å²) in [6, 6.07) is 8.26. The molecule has 0 spiro atoms. The Bertz CT molecular complexity index is 630. The molecule has 0 saturated heterocycles. The van der Waals surface area contributed by atoms with Crippen molar-refractivity contribution < 1.29 is 5.11 Å². The van der Waals surface area contributed by atoms with E-state index in [-0.39, 0.29) is 5.41 Å². The van der Waals surface area contributed by atoms with Crippen molar-refractivity contribution in [1.29, 1.82) is 0 Å². The molecule has 2 rings (SSSR count). The van der Waals surface area contributed by atoms with Crippen LogP contribution in [0.3, 0.4) is 0 Å².